The van der Waals surface area contributed by atoms with E-state index in [0.29, 0.717) is 6.42 Å². The summed E-state index contributed by atoms with van der Waals surface area (Å²) in [6.45, 7) is 6.20. The highest BCUT2D eigenvalue weighted by atomic mass is 79.9. The van der Waals surface area contributed by atoms with Crippen molar-refractivity contribution >= 4 is 28.1 Å². The van der Waals surface area contributed by atoms with Gasteiger partial charge in [-0.3, -0.25) is 4.79 Å². The van der Waals surface area contributed by atoms with E-state index in [1.54, 1.807) is 6.21 Å². The van der Waals surface area contributed by atoms with Gasteiger partial charge in [-0.2, -0.15) is 5.10 Å². The lowest BCUT2D eigenvalue weighted by Crippen LogP contribution is -2.19. The van der Waals surface area contributed by atoms with Crippen LogP contribution in [0, 0.1) is 20.8 Å². The van der Waals surface area contributed by atoms with E-state index in [-0.39, 0.29) is 5.91 Å². The molecule has 1 aromatic heterocycles. The average Bonchev–Trinajstić information content (AvgIpc) is 2.92. The van der Waals surface area contributed by atoms with Gasteiger partial charge in [0.1, 0.15) is 0 Å². The molecule has 0 spiro atoms. The molecule has 0 fully saturated rings. The van der Waals surface area contributed by atoms with Gasteiger partial charge in [0.25, 0.3) is 0 Å². The van der Waals surface area contributed by atoms with Gasteiger partial charge in [-0.25, -0.2) is 5.43 Å². The minimum atomic E-state index is -0.138. The number of benzene rings is 2. The van der Waals surface area contributed by atoms with Gasteiger partial charge in [-0.15, -0.1) is 0 Å². The number of carbonyl (C=O) groups excluding carboxylic acids is 1. The van der Waals surface area contributed by atoms with Gasteiger partial charge in [0.05, 0.1) is 12.6 Å². The fraction of sp³-hybridized carbons (Fsp3) is 0.182. The van der Waals surface area contributed by atoms with Crippen molar-refractivity contribution in [2.75, 3.05) is 0 Å². The van der Waals surface area contributed by atoms with Crippen LogP contribution in [0.3, 0.4) is 0 Å². The number of hydrazone groups is 1. The lowest BCUT2D eigenvalue weighted by Gasteiger charge is -2.09. The van der Waals surface area contributed by atoms with Gasteiger partial charge >= 0.3 is 0 Å². The Labute approximate surface area is 168 Å². The Bertz CT molecular complexity index is 970. The first-order valence-electron chi connectivity index (χ1n) is 8.76. The lowest BCUT2D eigenvalue weighted by molar-refractivity contribution is -0.120. The van der Waals surface area contributed by atoms with Gasteiger partial charge in [0, 0.05) is 27.1 Å². The maximum Gasteiger partial charge on any atom is 0.244 e. The summed E-state index contributed by atoms with van der Waals surface area (Å²) >= 11 is 3.39. The summed E-state index contributed by atoms with van der Waals surface area (Å²) in [6.07, 6.45) is 2.00. The van der Waals surface area contributed by atoms with Crippen molar-refractivity contribution in [3.8, 4) is 5.69 Å². The summed E-state index contributed by atoms with van der Waals surface area (Å²) in [7, 11) is 0. The molecule has 138 valence electrons. The van der Waals surface area contributed by atoms with Crippen molar-refractivity contribution in [1.82, 2.24) is 9.99 Å². The summed E-state index contributed by atoms with van der Waals surface area (Å²) in [5, 5.41) is 4.13. The van der Waals surface area contributed by atoms with Gasteiger partial charge in [-0.1, -0.05) is 45.8 Å². The highest BCUT2D eigenvalue weighted by Crippen LogP contribution is 2.20. The minimum absolute atomic E-state index is 0.138. The van der Waals surface area contributed by atoms with Crippen molar-refractivity contribution in [3.63, 3.8) is 0 Å². The second-order valence-corrected chi connectivity index (χ2v) is 7.51. The molecule has 0 unspecified atom stereocenters. The lowest BCUT2D eigenvalue weighted by atomic mass is 10.1. The zero-order valence-electron chi connectivity index (χ0n) is 15.7. The van der Waals surface area contributed by atoms with Crippen LogP contribution in [0.1, 0.15) is 28.1 Å². The molecule has 3 rings (SSSR count). The van der Waals surface area contributed by atoms with E-state index in [0.717, 1.165) is 32.7 Å². The first kappa shape index (κ1) is 19.1. The number of aryl methyl sites for hydroxylation is 2. The molecule has 0 radical (unpaired) electrons. The zero-order valence-corrected chi connectivity index (χ0v) is 17.2. The Balaban J connectivity index is 1.68. The molecule has 0 saturated heterocycles. The molecule has 2 aromatic carbocycles. The smallest absolute Gasteiger partial charge is 0.244 e. The molecule has 0 aliphatic rings. The zero-order chi connectivity index (χ0) is 19.4. The van der Waals surface area contributed by atoms with Crippen molar-refractivity contribution in [1.29, 1.82) is 0 Å². The van der Waals surface area contributed by atoms with Gasteiger partial charge in [0.15, 0.2) is 0 Å². The summed E-state index contributed by atoms with van der Waals surface area (Å²) < 4.78 is 3.18. The molecule has 4 nitrogen and oxygen atoms in total. The maximum atomic E-state index is 12.1. The van der Waals surface area contributed by atoms with Crippen LogP contribution >= 0.6 is 15.9 Å². The van der Waals surface area contributed by atoms with Crippen LogP contribution in [0.15, 0.2) is 64.2 Å². The van der Waals surface area contributed by atoms with Crippen LogP contribution in [0.25, 0.3) is 5.69 Å². The molecule has 0 aliphatic carbocycles. The van der Waals surface area contributed by atoms with Gasteiger partial charge < -0.3 is 4.57 Å². The van der Waals surface area contributed by atoms with Gasteiger partial charge in [0.2, 0.25) is 5.91 Å². The number of nitrogens with one attached hydrogen (secondary N) is 1. The SMILES string of the molecule is Cc1ccc(-n2c(C)cc(/C=N/NC(=O)Cc3ccc(Br)cc3)c2C)cc1. The molecule has 1 N–H and O–H groups in total. The van der Waals surface area contributed by atoms with Crippen LogP contribution in [0.4, 0.5) is 0 Å². The molecular formula is C22H22BrN3O. The fourth-order valence-corrected chi connectivity index (χ4v) is 3.27. The number of rotatable bonds is 5. The number of amides is 1. The van der Waals surface area contributed by atoms with Crippen LogP contribution < -0.4 is 5.43 Å². The monoisotopic (exact) mass is 423 g/mol. The van der Waals surface area contributed by atoms with E-state index >= 15 is 0 Å². The Morgan fingerprint density at radius 2 is 1.74 bits per heavy atom. The highest BCUT2D eigenvalue weighted by molar-refractivity contribution is 9.10. The topological polar surface area (TPSA) is 46.4 Å². The molecule has 1 heterocycles. The third kappa shape index (κ3) is 4.74. The summed E-state index contributed by atoms with van der Waals surface area (Å²) in [4.78, 5) is 12.1. The Hall–Kier alpha value is -2.66. The van der Waals surface area contributed by atoms with Crippen LogP contribution in [0.2, 0.25) is 0 Å². The molecule has 0 atom stereocenters. The fourth-order valence-electron chi connectivity index (χ4n) is 3.01. The normalized spacial score (nSPS) is 11.1. The molecule has 3 aromatic rings. The molecule has 0 bridgehead atoms. The largest absolute Gasteiger partial charge is 0.318 e. The summed E-state index contributed by atoms with van der Waals surface area (Å²) in [5.74, 6) is -0.138. The second kappa shape index (κ2) is 8.35. The van der Waals surface area contributed by atoms with E-state index in [1.807, 2.05) is 24.3 Å². The first-order valence-corrected chi connectivity index (χ1v) is 9.55. The molecule has 0 aliphatic heterocycles. The van der Waals surface area contributed by atoms with Crippen LogP contribution in [-0.2, 0) is 11.2 Å². The van der Waals surface area contributed by atoms with Crippen LogP contribution in [-0.4, -0.2) is 16.7 Å². The number of carbonyl (C=O) groups is 1. The third-order valence-electron chi connectivity index (χ3n) is 4.43. The number of hydrogen-bond acceptors (Lipinski definition) is 2. The van der Waals surface area contributed by atoms with Crippen molar-refractivity contribution in [3.05, 3.63) is 87.1 Å². The van der Waals surface area contributed by atoms with E-state index < -0.39 is 0 Å². The highest BCUT2D eigenvalue weighted by Gasteiger charge is 2.09. The number of nitrogens with zero attached hydrogens (tertiary/aromatic N) is 2. The molecule has 1 amide bonds. The van der Waals surface area contributed by atoms with Crippen LogP contribution in [0.5, 0.6) is 0 Å². The number of halogens is 1. The van der Waals surface area contributed by atoms with E-state index in [9.17, 15) is 4.79 Å². The molecule has 5 heteroatoms. The second-order valence-electron chi connectivity index (χ2n) is 6.59. The first-order chi connectivity index (χ1) is 12.9. The number of hydrogen-bond donors (Lipinski definition) is 1. The maximum absolute atomic E-state index is 12.1. The quantitative estimate of drug-likeness (QED) is 0.462. The number of aromatic nitrogens is 1. The van der Waals surface area contributed by atoms with Gasteiger partial charge in [-0.05, 0) is 56.7 Å². The van der Waals surface area contributed by atoms with Crippen molar-refractivity contribution in [2.24, 2.45) is 5.10 Å². The Kier molecular flexibility index (Phi) is 5.91. The summed E-state index contributed by atoms with van der Waals surface area (Å²) in [6, 6.07) is 18.2. The van der Waals surface area contributed by atoms with Crippen molar-refractivity contribution < 1.29 is 4.79 Å². The van der Waals surface area contributed by atoms with Crippen molar-refractivity contribution in [2.45, 2.75) is 27.2 Å². The standard InChI is InChI=1S/C22H22BrN3O/c1-15-4-10-21(11-5-15)26-16(2)12-19(17(26)3)14-24-25-22(27)13-18-6-8-20(23)9-7-18/h4-12,14H,13H2,1-3H3,(H,25,27)/b24-14+. The molecule has 27 heavy (non-hydrogen) atoms. The Morgan fingerprint density at radius 3 is 2.41 bits per heavy atom. The van der Waals surface area contributed by atoms with E-state index in [2.05, 4.69) is 82.1 Å². The predicted octanol–water partition coefficient (Wildman–Crippen LogP) is 4.86. The average molecular weight is 424 g/mol. The Morgan fingerprint density at radius 1 is 1.07 bits per heavy atom. The third-order valence-corrected chi connectivity index (χ3v) is 4.96. The molecular weight excluding hydrogens is 402 g/mol. The predicted molar refractivity (Wildman–Crippen MR) is 114 cm³/mol. The summed E-state index contributed by atoms with van der Waals surface area (Å²) in [5.41, 5.74) is 9.10. The minimum Gasteiger partial charge on any atom is -0.318 e. The van der Waals surface area contributed by atoms with E-state index in [1.165, 1.54) is 5.56 Å². The molecule has 0 saturated carbocycles. The van der Waals surface area contributed by atoms with E-state index in [4.69, 9.17) is 0 Å².